The van der Waals surface area contributed by atoms with Gasteiger partial charge in [-0.3, -0.25) is 4.79 Å². The Labute approximate surface area is 140 Å². The van der Waals surface area contributed by atoms with Gasteiger partial charge in [-0.05, 0) is 60.2 Å². The average molecular weight is 331 g/mol. The van der Waals surface area contributed by atoms with Crippen LogP contribution in [0.5, 0.6) is 0 Å². The summed E-state index contributed by atoms with van der Waals surface area (Å²) < 4.78 is 13.1. The topological polar surface area (TPSA) is 29.1 Å². The monoisotopic (exact) mass is 331 g/mol. The standard InChI is InChI=1S/C19H22FNOS/c20-16-7-5-15(6-8-16)14-19(9-1-2-10-19)11-12-21-18(22)17-4-3-13-23-17/h3-8,13H,1-2,9-12,14H2,(H,21,22). The number of carbonyl (C=O) groups is 1. The molecule has 2 nitrogen and oxygen atoms in total. The van der Waals surface area contributed by atoms with E-state index in [0.717, 1.165) is 17.7 Å². The Balaban J connectivity index is 1.57. The van der Waals surface area contributed by atoms with E-state index in [0.29, 0.717) is 6.54 Å². The van der Waals surface area contributed by atoms with Crippen LogP contribution >= 0.6 is 11.3 Å². The van der Waals surface area contributed by atoms with Gasteiger partial charge in [-0.1, -0.05) is 31.0 Å². The molecule has 1 saturated carbocycles. The second kappa shape index (κ2) is 7.26. The summed E-state index contributed by atoms with van der Waals surface area (Å²) in [6.45, 7) is 0.706. The zero-order valence-corrected chi connectivity index (χ0v) is 14.0. The molecule has 1 aliphatic rings. The summed E-state index contributed by atoms with van der Waals surface area (Å²) in [6, 6.07) is 10.6. The number of halogens is 1. The van der Waals surface area contributed by atoms with E-state index in [2.05, 4.69) is 5.32 Å². The molecule has 3 rings (SSSR count). The third-order valence-corrected chi connectivity index (χ3v) is 5.71. The number of nitrogens with one attached hydrogen (secondary N) is 1. The van der Waals surface area contributed by atoms with Gasteiger partial charge in [-0.2, -0.15) is 0 Å². The molecule has 0 spiro atoms. The zero-order valence-electron chi connectivity index (χ0n) is 13.2. The van der Waals surface area contributed by atoms with Crippen molar-refractivity contribution in [1.82, 2.24) is 5.32 Å². The Morgan fingerprint density at radius 1 is 1.17 bits per heavy atom. The highest BCUT2D eigenvalue weighted by molar-refractivity contribution is 7.12. The molecule has 1 aromatic carbocycles. The highest BCUT2D eigenvalue weighted by atomic mass is 32.1. The molecule has 2 aromatic rings. The van der Waals surface area contributed by atoms with Crippen molar-refractivity contribution >= 4 is 17.2 Å². The highest BCUT2D eigenvalue weighted by Crippen LogP contribution is 2.43. The maximum atomic E-state index is 13.1. The number of hydrogen-bond acceptors (Lipinski definition) is 2. The van der Waals surface area contributed by atoms with Gasteiger partial charge in [-0.25, -0.2) is 4.39 Å². The van der Waals surface area contributed by atoms with Gasteiger partial charge >= 0.3 is 0 Å². The summed E-state index contributed by atoms with van der Waals surface area (Å²) in [5, 5.41) is 4.96. The lowest BCUT2D eigenvalue weighted by Crippen LogP contribution is -2.30. The average Bonchev–Trinajstić information content (AvgIpc) is 3.22. The van der Waals surface area contributed by atoms with E-state index in [1.165, 1.54) is 54.7 Å². The largest absolute Gasteiger partial charge is 0.351 e. The molecule has 1 aliphatic carbocycles. The molecular weight excluding hydrogens is 309 g/mol. The number of carbonyl (C=O) groups excluding carboxylic acids is 1. The third-order valence-electron chi connectivity index (χ3n) is 4.84. The van der Waals surface area contributed by atoms with Crippen molar-refractivity contribution in [1.29, 1.82) is 0 Å². The molecule has 0 aliphatic heterocycles. The molecule has 0 unspecified atom stereocenters. The van der Waals surface area contributed by atoms with E-state index in [1.54, 1.807) is 0 Å². The highest BCUT2D eigenvalue weighted by Gasteiger charge is 2.33. The second-order valence-corrected chi connectivity index (χ2v) is 7.44. The Kier molecular flexibility index (Phi) is 5.11. The number of thiophene rings is 1. The predicted octanol–water partition coefficient (Wildman–Crippen LogP) is 4.81. The van der Waals surface area contributed by atoms with Crippen LogP contribution in [0.4, 0.5) is 4.39 Å². The summed E-state index contributed by atoms with van der Waals surface area (Å²) >= 11 is 1.47. The summed E-state index contributed by atoms with van der Waals surface area (Å²) in [6.07, 6.45) is 6.85. The quantitative estimate of drug-likeness (QED) is 0.808. The molecule has 1 heterocycles. The van der Waals surface area contributed by atoms with E-state index in [9.17, 15) is 9.18 Å². The van der Waals surface area contributed by atoms with E-state index in [-0.39, 0.29) is 17.1 Å². The molecule has 0 saturated heterocycles. The van der Waals surface area contributed by atoms with Crippen LogP contribution in [-0.2, 0) is 6.42 Å². The molecule has 4 heteroatoms. The molecule has 122 valence electrons. The summed E-state index contributed by atoms with van der Waals surface area (Å²) in [5.74, 6) is -0.160. The molecular formula is C19H22FNOS. The van der Waals surface area contributed by atoms with Gasteiger partial charge < -0.3 is 5.32 Å². The van der Waals surface area contributed by atoms with Gasteiger partial charge in [0, 0.05) is 6.54 Å². The minimum Gasteiger partial charge on any atom is -0.351 e. The minimum absolute atomic E-state index is 0.0231. The molecule has 1 amide bonds. The fourth-order valence-corrected chi connectivity index (χ4v) is 4.25. The van der Waals surface area contributed by atoms with Crippen LogP contribution in [0.3, 0.4) is 0 Å². The van der Waals surface area contributed by atoms with Crippen molar-refractivity contribution in [3.05, 3.63) is 58.0 Å². The smallest absolute Gasteiger partial charge is 0.261 e. The van der Waals surface area contributed by atoms with Gasteiger partial charge in [0.25, 0.3) is 5.91 Å². The lowest BCUT2D eigenvalue weighted by atomic mass is 9.77. The van der Waals surface area contributed by atoms with E-state index < -0.39 is 0 Å². The van der Waals surface area contributed by atoms with Crippen LogP contribution < -0.4 is 5.32 Å². The van der Waals surface area contributed by atoms with Crippen LogP contribution in [0.1, 0.15) is 47.3 Å². The molecule has 0 atom stereocenters. The van der Waals surface area contributed by atoms with Gasteiger partial charge in [0.15, 0.2) is 0 Å². The molecule has 23 heavy (non-hydrogen) atoms. The van der Waals surface area contributed by atoms with Crippen molar-refractivity contribution in [2.45, 2.75) is 38.5 Å². The summed E-state index contributed by atoms with van der Waals surface area (Å²) in [7, 11) is 0. The Hall–Kier alpha value is -1.68. The van der Waals surface area contributed by atoms with Crippen LogP contribution in [0.15, 0.2) is 41.8 Å². The number of benzene rings is 1. The van der Waals surface area contributed by atoms with E-state index in [1.807, 2.05) is 29.6 Å². The van der Waals surface area contributed by atoms with Crippen LogP contribution in [0.25, 0.3) is 0 Å². The fourth-order valence-electron chi connectivity index (χ4n) is 3.61. The number of rotatable bonds is 6. The van der Waals surface area contributed by atoms with Gasteiger partial charge in [0.2, 0.25) is 0 Å². The number of amides is 1. The lowest BCUT2D eigenvalue weighted by molar-refractivity contribution is 0.0950. The van der Waals surface area contributed by atoms with Crippen molar-refractivity contribution < 1.29 is 9.18 Å². The molecule has 1 aromatic heterocycles. The first-order valence-electron chi connectivity index (χ1n) is 8.23. The first-order chi connectivity index (χ1) is 11.2. The van der Waals surface area contributed by atoms with Crippen molar-refractivity contribution in [3.8, 4) is 0 Å². The lowest BCUT2D eigenvalue weighted by Gasteiger charge is -2.29. The Bertz CT molecular complexity index is 630. The van der Waals surface area contributed by atoms with E-state index in [4.69, 9.17) is 0 Å². The second-order valence-electron chi connectivity index (χ2n) is 6.49. The molecule has 0 radical (unpaired) electrons. The first kappa shape index (κ1) is 16.2. The summed E-state index contributed by atoms with van der Waals surface area (Å²) in [4.78, 5) is 12.8. The van der Waals surface area contributed by atoms with Crippen molar-refractivity contribution in [2.24, 2.45) is 5.41 Å². The summed E-state index contributed by atoms with van der Waals surface area (Å²) in [5.41, 5.74) is 1.44. The minimum atomic E-state index is -0.183. The zero-order chi connectivity index (χ0) is 16.1. The van der Waals surface area contributed by atoms with Crippen LogP contribution in [0.2, 0.25) is 0 Å². The fraction of sp³-hybridized carbons (Fsp3) is 0.421. The normalized spacial score (nSPS) is 16.4. The van der Waals surface area contributed by atoms with Crippen molar-refractivity contribution in [3.63, 3.8) is 0 Å². The Morgan fingerprint density at radius 3 is 2.57 bits per heavy atom. The van der Waals surface area contributed by atoms with Crippen LogP contribution in [0, 0.1) is 11.2 Å². The third kappa shape index (κ3) is 4.20. The Morgan fingerprint density at radius 2 is 1.91 bits per heavy atom. The maximum Gasteiger partial charge on any atom is 0.261 e. The first-order valence-corrected chi connectivity index (χ1v) is 9.11. The maximum absolute atomic E-state index is 13.1. The van der Waals surface area contributed by atoms with E-state index >= 15 is 0 Å². The number of hydrogen-bond donors (Lipinski definition) is 1. The predicted molar refractivity (Wildman–Crippen MR) is 92.3 cm³/mol. The molecule has 0 bridgehead atoms. The van der Waals surface area contributed by atoms with Gasteiger partial charge in [0.1, 0.15) is 5.82 Å². The molecule has 1 N–H and O–H groups in total. The molecule has 1 fully saturated rings. The van der Waals surface area contributed by atoms with Gasteiger partial charge in [0.05, 0.1) is 4.88 Å². The van der Waals surface area contributed by atoms with Crippen molar-refractivity contribution in [2.75, 3.05) is 6.54 Å². The van der Waals surface area contributed by atoms with Gasteiger partial charge in [-0.15, -0.1) is 11.3 Å². The van der Waals surface area contributed by atoms with Crippen LogP contribution in [-0.4, -0.2) is 12.5 Å². The SMILES string of the molecule is O=C(NCCC1(Cc2ccc(F)cc2)CCCC1)c1cccs1.